The standard InChI is InChI=1S/C7H16N2OS/c1-7(3-4-9-5-7)6-11(2,8)10/h8-9H,3-6H2,1-2H3. The van der Waals surface area contributed by atoms with Gasteiger partial charge in [-0.3, -0.25) is 8.99 Å². The second-order valence-electron chi connectivity index (χ2n) is 3.89. The SMILES string of the molecule is CC1(CS(C)(=N)=O)CCNC1. The maximum Gasteiger partial charge on any atom is 0.0418 e. The van der Waals surface area contributed by atoms with Gasteiger partial charge < -0.3 is 5.32 Å². The van der Waals surface area contributed by atoms with E-state index in [9.17, 15) is 4.21 Å². The van der Waals surface area contributed by atoms with Crippen LogP contribution in [0.3, 0.4) is 0 Å². The van der Waals surface area contributed by atoms with Gasteiger partial charge in [-0.25, -0.2) is 0 Å². The topological polar surface area (TPSA) is 53.0 Å². The van der Waals surface area contributed by atoms with Crippen LogP contribution in [0.1, 0.15) is 13.3 Å². The highest BCUT2D eigenvalue weighted by Crippen LogP contribution is 2.25. The lowest BCUT2D eigenvalue weighted by Crippen LogP contribution is -2.28. The molecule has 0 amide bonds. The minimum atomic E-state index is -2.31. The van der Waals surface area contributed by atoms with Crippen molar-refractivity contribution in [1.82, 2.24) is 5.32 Å². The molecule has 0 radical (unpaired) electrons. The van der Waals surface area contributed by atoms with Crippen molar-refractivity contribution < 1.29 is 4.21 Å². The Labute approximate surface area is 68.5 Å². The summed E-state index contributed by atoms with van der Waals surface area (Å²) in [6, 6.07) is 0. The zero-order valence-corrected chi connectivity index (χ0v) is 7.96. The van der Waals surface area contributed by atoms with Crippen molar-refractivity contribution in [1.29, 1.82) is 4.78 Å². The Morgan fingerprint density at radius 3 is 2.73 bits per heavy atom. The third-order valence-corrected chi connectivity index (χ3v) is 3.33. The van der Waals surface area contributed by atoms with Crippen molar-refractivity contribution >= 4 is 9.73 Å². The maximum absolute atomic E-state index is 11.2. The molecule has 1 aliphatic heterocycles. The van der Waals surface area contributed by atoms with E-state index >= 15 is 0 Å². The van der Waals surface area contributed by atoms with Crippen molar-refractivity contribution in [2.75, 3.05) is 25.1 Å². The van der Waals surface area contributed by atoms with E-state index in [1.807, 2.05) is 0 Å². The highest BCUT2D eigenvalue weighted by atomic mass is 32.2. The molecule has 0 aromatic heterocycles. The molecule has 0 bridgehead atoms. The van der Waals surface area contributed by atoms with Gasteiger partial charge in [0, 0.05) is 28.3 Å². The third kappa shape index (κ3) is 2.79. The number of rotatable bonds is 2. The van der Waals surface area contributed by atoms with E-state index in [0.717, 1.165) is 19.5 Å². The van der Waals surface area contributed by atoms with E-state index in [1.165, 1.54) is 6.26 Å². The average Bonchev–Trinajstić information content (AvgIpc) is 2.09. The predicted molar refractivity (Wildman–Crippen MR) is 47.2 cm³/mol. The summed E-state index contributed by atoms with van der Waals surface area (Å²) >= 11 is 0. The summed E-state index contributed by atoms with van der Waals surface area (Å²) in [6.45, 7) is 4.02. The summed E-state index contributed by atoms with van der Waals surface area (Å²) in [5.41, 5.74) is 0.105. The number of hydrogen-bond donors (Lipinski definition) is 2. The molecule has 0 aromatic carbocycles. The lowest BCUT2D eigenvalue weighted by atomic mass is 9.93. The molecule has 0 aliphatic carbocycles. The largest absolute Gasteiger partial charge is 0.316 e. The van der Waals surface area contributed by atoms with Gasteiger partial charge in [-0.05, 0) is 18.4 Å². The second kappa shape index (κ2) is 2.75. The van der Waals surface area contributed by atoms with Gasteiger partial charge in [0.1, 0.15) is 0 Å². The molecule has 0 saturated carbocycles. The fourth-order valence-electron chi connectivity index (χ4n) is 1.66. The van der Waals surface area contributed by atoms with E-state index in [1.54, 1.807) is 0 Å². The van der Waals surface area contributed by atoms with Crippen LogP contribution in [0.15, 0.2) is 0 Å². The zero-order chi connectivity index (χ0) is 8.54. The zero-order valence-electron chi connectivity index (χ0n) is 7.14. The van der Waals surface area contributed by atoms with Crippen LogP contribution < -0.4 is 5.32 Å². The molecule has 2 unspecified atom stereocenters. The Bertz CT molecular complexity index is 227. The Kier molecular flexibility index (Phi) is 2.25. The summed E-state index contributed by atoms with van der Waals surface area (Å²) in [7, 11) is -2.31. The van der Waals surface area contributed by atoms with Gasteiger partial charge in [-0.2, -0.15) is 0 Å². The molecule has 1 aliphatic rings. The molecule has 1 heterocycles. The highest BCUT2D eigenvalue weighted by molar-refractivity contribution is 7.91. The molecular formula is C7H16N2OS. The van der Waals surface area contributed by atoms with Crippen LogP contribution in [0, 0.1) is 10.2 Å². The van der Waals surface area contributed by atoms with Gasteiger partial charge >= 0.3 is 0 Å². The van der Waals surface area contributed by atoms with Crippen molar-refractivity contribution in [2.45, 2.75) is 13.3 Å². The molecule has 2 atom stereocenters. The van der Waals surface area contributed by atoms with E-state index < -0.39 is 9.73 Å². The van der Waals surface area contributed by atoms with Gasteiger partial charge in [0.05, 0.1) is 0 Å². The smallest absolute Gasteiger partial charge is 0.0418 e. The van der Waals surface area contributed by atoms with Crippen LogP contribution in [0.25, 0.3) is 0 Å². The van der Waals surface area contributed by atoms with E-state index in [4.69, 9.17) is 4.78 Å². The summed E-state index contributed by atoms with van der Waals surface area (Å²) in [4.78, 5) is 0. The monoisotopic (exact) mass is 176 g/mol. The van der Waals surface area contributed by atoms with Crippen LogP contribution in [0.2, 0.25) is 0 Å². The lowest BCUT2D eigenvalue weighted by molar-refractivity contribution is 0.418. The molecule has 0 spiro atoms. The quantitative estimate of drug-likeness (QED) is 0.649. The molecule has 2 N–H and O–H groups in total. The van der Waals surface area contributed by atoms with Crippen LogP contribution in [0.5, 0.6) is 0 Å². The molecule has 4 heteroatoms. The highest BCUT2D eigenvalue weighted by Gasteiger charge is 2.30. The fourth-order valence-corrected chi connectivity index (χ4v) is 3.23. The lowest BCUT2D eigenvalue weighted by Gasteiger charge is -2.21. The van der Waals surface area contributed by atoms with Crippen molar-refractivity contribution in [2.24, 2.45) is 5.41 Å². The van der Waals surface area contributed by atoms with Crippen molar-refractivity contribution in [3.8, 4) is 0 Å². The first-order valence-corrected chi connectivity index (χ1v) is 5.97. The summed E-state index contributed by atoms with van der Waals surface area (Å²) in [5, 5.41) is 3.23. The molecule has 0 aromatic rings. The van der Waals surface area contributed by atoms with Crippen LogP contribution in [-0.4, -0.2) is 29.3 Å². The second-order valence-corrected chi connectivity index (χ2v) is 6.19. The van der Waals surface area contributed by atoms with Gasteiger partial charge in [0.25, 0.3) is 0 Å². The Balaban J connectivity index is 2.60. The van der Waals surface area contributed by atoms with Gasteiger partial charge in [-0.15, -0.1) is 0 Å². The molecular weight excluding hydrogens is 160 g/mol. The summed E-state index contributed by atoms with van der Waals surface area (Å²) in [6.07, 6.45) is 2.58. The first-order valence-electron chi connectivity index (χ1n) is 3.84. The fraction of sp³-hybridized carbons (Fsp3) is 1.00. The van der Waals surface area contributed by atoms with Crippen LogP contribution >= 0.6 is 0 Å². The minimum absolute atomic E-state index is 0.105. The van der Waals surface area contributed by atoms with Crippen molar-refractivity contribution in [3.05, 3.63) is 0 Å². The van der Waals surface area contributed by atoms with Crippen LogP contribution in [-0.2, 0) is 9.73 Å². The third-order valence-electron chi connectivity index (χ3n) is 2.08. The average molecular weight is 176 g/mol. The van der Waals surface area contributed by atoms with Gasteiger partial charge in [-0.1, -0.05) is 6.92 Å². The molecule has 3 nitrogen and oxygen atoms in total. The van der Waals surface area contributed by atoms with E-state index in [-0.39, 0.29) is 5.41 Å². The molecule has 66 valence electrons. The minimum Gasteiger partial charge on any atom is -0.316 e. The Hall–Kier alpha value is -0.0900. The van der Waals surface area contributed by atoms with Crippen molar-refractivity contribution in [3.63, 3.8) is 0 Å². The normalized spacial score (nSPS) is 36.9. The van der Waals surface area contributed by atoms with Gasteiger partial charge in [0.2, 0.25) is 0 Å². The van der Waals surface area contributed by atoms with Crippen LogP contribution in [0.4, 0.5) is 0 Å². The first-order chi connectivity index (χ1) is 4.91. The Morgan fingerprint density at radius 1 is 1.73 bits per heavy atom. The summed E-state index contributed by atoms with van der Waals surface area (Å²) in [5.74, 6) is 0.535. The predicted octanol–water partition coefficient (Wildman–Crippen LogP) is 0.663. The molecule has 1 saturated heterocycles. The summed E-state index contributed by atoms with van der Waals surface area (Å²) < 4.78 is 18.5. The van der Waals surface area contributed by atoms with E-state index in [0.29, 0.717) is 5.75 Å². The molecule has 1 fully saturated rings. The number of nitrogens with one attached hydrogen (secondary N) is 2. The first kappa shape index (κ1) is 9.00. The van der Waals surface area contributed by atoms with E-state index in [2.05, 4.69) is 12.2 Å². The molecule has 11 heavy (non-hydrogen) atoms. The number of hydrogen-bond acceptors (Lipinski definition) is 3. The molecule has 1 rings (SSSR count). The van der Waals surface area contributed by atoms with Gasteiger partial charge in [0.15, 0.2) is 0 Å². The maximum atomic E-state index is 11.2. The Morgan fingerprint density at radius 2 is 2.36 bits per heavy atom.